The second kappa shape index (κ2) is 7.11. The van der Waals surface area contributed by atoms with Crippen LogP contribution in [0, 0.1) is 0 Å². The molecule has 1 aliphatic rings. The lowest BCUT2D eigenvalue weighted by molar-refractivity contribution is -0.118. The van der Waals surface area contributed by atoms with Crippen LogP contribution in [-0.4, -0.2) is 36.9 Å². The predicted octanol–water partition coefficient (Wildman–Crippen LogP) is 2.21. The summed E-state index contributed by atoms with van der Waals surface area (Å²) < 4.78 is 3.58. The van der Waals surface area contributed by atoms with E-state index in [9.17, 15) is 9.59 Å². The van der Waals surface area contributed by atoms with Gasteiger partial charge in [0, 0.05) is 12.6 Å². The van der Waals surface area contributed by atoms with Crippen LogP contribution in [0.25, 0.3) is 16.7 Å². The van der Waals surface area contributed by atoms with E-state index in [1.807, 2.05) is 28.7 Å². The fraction of sp³-hybridized carbons (Fsp3) is 0.444. The fourth-order valence-electron chi connectivity index (χ4n) is 2.97. The number of para-hydroxylation sites is 1. The molecule has 0 atom stereocenters. The average molecular weight is 371 g/mol. The number of rotatable bonds is 7. The Morgan fingerprint density at radius 2 is 2.12 bits per heavy atom. The van der Waals surface area contributed by atoms with E-state index < -0.39 is 0 Å². The van der Waals surface area contributed by atoms with Gasteiger partial charge in [-0.3, -0.25) is 18.6 Å². The van der Waals surface area contributed by atoms with Crippen LogP contribution in [-0.2, 0) is 11.3 Å². The number of fused-ring (bicyclic) bond motifs is 3. The number of carbonyl (C=O) groups is 1. The molecule has 1 amide bonds. The lowest BCUT2D eigenvalue weighted by Gasteiger charge is -2.10. The van der Waals surface area contributed by atoms with Crippen LogP contribution in [0.15, 0.2) is 34.2 Å². The molecule has 7 nitrogen and oxygen atoms in total. The van der Waals surface area contributed by atoms with Crippen molar-refractivity contribution in [3.8, 4) is 0 Å². The van der Waals surface area contributed by atoms with Gasteiger partial charge in [-0.1, -0.05) is 37.2 Å². The van der Waals surface area contributed by atoms with Crippen molar-refractivity contribution in [2.45, 2.75) is 50.4 Å². The van der Waals surface area contributed by atoms with Crippen LogP contribution in [0.2, 0.25) is 0 Å². The van der Waals surface area contributed by atoms with E-state index in [0.717, 1.165) is 31.2 Å². The first-order chi connectivity index (χ1) is 12.7. The summed E-state index contributed by atoms with van der Waals surface area (Å²) in [5.41, 5.74) is 0.729. The van der Waals surface area contributed by atoms with Crippen LogP contribution >= 0.6 is 11.8 Å². The molecule has 2 aromatic heterocycles. The first kappa shape index (κ1) is 17.1. The van der Waals surface area contributed by atoms with E-state index in [0.29, 0.717) is 34.7 Å². The molecule has 0 aliphatic heterocycles. The molecular formula is C18H21N5O2S. The number of nitrogens with one attached hydrogen (secondary N) is 1. The Hall–Kier alpha value is -2.35. The molecule has 0 unspecified atom stereocenters. The highest BCUT2D eigenvalue weighted by Gasteiger charge is 2.23. The maximum Gasteiger partial charge on any atom is 0.262 e. The van der Waals surface area contributed by atoms with Crippen molar-refractivity contribution in [1.82, 2.24) is 24.5 Å². The summed E-state index contributed by atoms with van der Waals surface area (Å²) in [6.45, 7) is 2.70. The summed E-state index contributed by atoms with van der Waals surface area (Å²) in [5, 5.41) is 12.8. The first-order valence-electron chi connectivity index (χ1n) is 8.98. The highest BCUT2D eigenvalue weighted by Crippen LogP contribution is 2.23. The van der Waals surface area contributed by atoms with Gasteiger partial charge in [0.05, 0.1) is 16.7 Å². The van der Waals surface area contributed by atoms with Crippen molar-refractivity contribution in [3.63, 3.8) is 0 Å². The Balaban J connectivity index is 1.75. The van der Waals surface area contributed by atoms with Gasteiger partial charge in [-0.05, 0) is 31.4 Å². The van der Waals surface area contributed by atoms with Gasteiger partial charge in [-0.25, -0.2) is 0 Å². The van der Waals surface area contributed by atoms with Crippen molar-refractivity contribution in [1.29, 1.82) is 0 Å². The minimum Gasteiger partial charge on any atom is -0.353 e. The van der Waals surface area contributed by atoms with Gasteiger partial charge in [-0.15, -0.1) is 10.2 Å². The van der Waals surface area contributed by atoms with Gasteiger partial charge in [0.2, 0.25) is 11.7 Å². The zero-order chi connectivity index (χ0) is 18.1. The number of nitrogens with zero attached hydrogens (tertiary/aromatic N) is 4. The van der Waals surface area contributed by atoms with Crippen molar-refractivity contribution < 1.29 is 4.79 Å². The highest BCUT2D eigenvalue weighted by atomic mass is 32.2. The predicted molar refractivity (Wildman–Crippen MR) is 102 cm³/mol. The summed E-state index contributed by atoms with van der Waals surface area (Å²) in [7, 11) is 0. The van der Waals surface area contributed by atoms with E-state index in [4.69, 9.17) is 0 Å². The Labute approximate surface area is 154 Å². The van der Waals surface area contributed by atoms with Crippen LogP contribution in [0.5, 0.6) is 0 Å². The molecular weight excluding hydrogens is 350 g/mol. The Bertz CT molecular complexity index is 1020. The number of amides is 1. The molecule has 1 aliphatic carbocycles. The summed E-state index contributed by atoms with van der Waals surface area (Å²) in [6, 6.07) is 7.82. The second-order valence-electron chi connectivity index (χ2n) is 6.58. The van der Waals surface area contributed by atoms with E-state index in [1.54, 1.807) is 4.57 Å². The SMILES string of the molecule is CCCCn1c(=O)c2ccccc2n2c(SCC(=O)NC3CC3)nnc12. The second-order valence-corrected chi connectivity index (χ2v) is 7.52. The van der Waals surface area contributed by atoms with E-state index in [1.165, 1.54) is 11.8 Å². The molecule has 1 N–H and O–H groups in total. The van der Waals surface area contributed by atoms with Crippen molar-refractivity contribution in [2.24, 2.45) is 0 Å². The molecule has 0 spiro atoms. The molecule has 26 heavy (non-hydrogen) atoms. The third kappa shape index (κ3) is 3.21. The maximum absolute atomic E-state index is 12.9. The molecule has 1 saturated carbocycles. The highest BCUT2D eigenvalue weighted by molar-refractivity contribution is 7.99. The van der Waals surface area contributed by atoms with Gasteiger partial charge >= 0.3 is 0 Å². The minimum atomic E-state index is -0.0445. The third-order valence-electron chi connectivity index (χ3n) is 4.49. The maximum atomic E-state index is 12.9. The monoisotopic (exact) mass is 371 g/mol. The van der Waals surface area contributed by atoms with Crippen molar-refractivity contribution in [3.05, 3.63) is 34.6 Å². The fourth-order valence-corrected chi connectivity index (χ4v) is 3.72. The zero-order valence-electron chi connectivity index (χ0n) is 14.6. The molecule has 3 aromatic rings. The topological polar surface area (TPSA) is 81.3 Å². The van der Waals surface area contributed by atoms with E-state index >= 15 is 0 Å². The summed E-state index contributed by atoms with van der Waals surface area (Å²) >= 11 is 1.35. The smallest absolute Gasteiger partial charge is 0.262 e. The first-order valence-corrected chi connectivity index (χ1v) is 9.96. The van der Waals surface area contributed by atoms with Gasteiger partial charge in [-0.2, -0.15) is 0 Å². The van der Waals surface area contributed by atoms with Gasteiger partial charge < -0.3 is 5.32 Å². The normalized spacial score (nSPS) is 14.2. The number of hydrogen-bond donors (Lipinski definition) is 1. The quantitative estimate of drug-likeness (QED) is 0.644. The molecule has 136 valence electrons. The number of carbonyl (C=O) groups excluding carboxylic acids is 1. The summed E-state index contributed by atoms with van der Waals surface area (Å²) in [5.74, 6) is 0.838. The standard InChI is InChI=1S/C18H21N5O2S/c1-2-3-10-22-16(25)13-6-4-5-7-14(13)23-17(22)20-21-18(23)26-11-15(24)19-12-8-9-12/h4-7,12H,2-3,8-11H2,1H3,(H,19,24). The molecule has 4 rings (SSSR count). The Kier molecular flexibility index (Phi) is 4.67. The molecule has 0 saturated heterocycles. The van der Waals surface area contributed by atoms with E-state index in [2.05, 4.69) is 22.4 Å². The van der Waals surface area contributed by atoms with Gasteiger partial charge in [0.15, 0.2) is 5.16 Å². The van der Waals surface area contributed by atoms with Crippen LogP contribution in [0.4, 0.5) is 0 Å². The van der Waals surface area contributed by atoms with Crippen LogP contribution in [0.1, 0.15) is 32.6 Å². The van der Waals surface area contributed by atoms with E-state index in [-0.39, 0.29) is 11.5 Å². The van der Waals surface area contributed by atoms with Crippen molar-refractivity contribution in [2.75, 3.05) is 5.75 Å². The average Bonchev–Trinajstić information content (AvgIpc) is 3.36. The zero-order valence-corrected chi connectivity index (χ0v) is 15.5. The molecule has 0 radical (unpaired) electrons. The molecule has 8 heteroatoms. The summed E-state index contributed by atoms with van der Waals surface area (Å²) in [6.07, 6.45) is 4.02. The van der Waals surface area contributed by atoms with Crippen LogP contribution < -0.4 is 10.9 Å². The lowest BCUT2D eigenvalue weighted by Crippen LogP contribution is -2.27. The minimum absolute atomic E-state index is 0.0119. The Morgan fingerprint density at radius 1 is 1.31 bits per heavy atom. The van der Waals surface area contributed by atoms with Crippen LogP contribution in [0.3, 0.4) is 0 Å². The molecule has 0 bridgehead atoms. The largest absolute Gasteiger partial charge is 0.353 e. The Morgan fingerprint density at radius 3 is 2.88 bits per heavy atom. The molecule has 2 heterocycles. The number of hydrogen-bond acceptors (Lipinski definition) is 5. The number of aromatic nitrogens is 4. The number of aryl methyl sites for hydroxylation is 1. The molecule has 1 aromatic carbocycles. The van der Waals surface area contributed by atoms with Crippen molar-refractivity contribution >= 4 is 34.3 Å². The van der Waals surface area contributed by atoms with Gasteiger partial charge in [0.25, 0.3) is 5.56 Å². The molecule has 1 fully saturated rings. The lowest BCUT2D eigenvalue weighted by atomic mass is 10.2. The summed E-state index contributed by atoms with van der Waals surface area (Å²) in [4.78, 5) is 24.9. The van der Waals surface area contributed by atoms with Gasteiger partial charge in [0.1, 0.15) is 0 Å². The number of unbranched alkanes of at least 4 members (excludes halogenated alkanes) is 1. The third-order valence-corrected chi connectivity index (χ3v) is 5.42. The number of thioether (sulfide) groups is 1. The number of benzene rings is 1.